The van der Waals surface area contributed by atoms with E-state index in [1.807, 2.05) is 16.7 Å². The fraction of sp³-hybridized carbons (Fsp3) is 0.419. The Morgan fingerprint density at radius 3 is 2.35 bits per heavy atom. The van der Waals surface area contributed by atoms with Crippen LogP contribution in [0.25, 0.3) is 10.9 Å². The second kappa shape index (κ2) is 12.7. The van der Waals surface area contributed by atoms with Gasteiger partial charge in [0.1, 0.15) is 23.3 Å². The summed E-state index contributed by atoms with van der Waals surface area (Å²) in [6, 6.07) is 6.88. The van der Waals surface area contributed by atoms with Gasteiger partial charge in [-0.1, -0.05) is 19.7 Å². The molecule has 46 heavy (non-hydrogen) atoms. The van der Waals surface area contributed by atoms with Crippen LogP contribution in [0.5, 0.6) is 0 Å². The van der Waals surface area contributed by atoms with Gasteiger partial charge in [0.2, 0.25) is 5.43 Å². The zero-order valence-corrected chi connectivity index (χ0v) is 26.0. The number of carboxylic acid groups (broad SMARTS) is 1. The summed E-state index contributed by atoms with van der Waals surface area (Å²) in [4.78, 5) is 54.1. The molecule has 1 atom stereocenters. The van der Waals surface area contributed by atoms with Gasteiger partial charge in [0.25, 0.3) is 0 Å². The molecule has 3 aromatic rings. The highest BCUT2D eigenvalue weighted by molar-refractivity contribution is 7.78. The van der Waals surface area contributed by atoms with Crippen LogP contribution >= 0.6 is 12.8 Å². The standard InChI is InChI=1S/C31H34F2N6O6S/c1-2-7-34-30(43)39(46)16-20-15-38(31(44)45-20)19-5-6-25(23(32)12-19)35-8-10-36(11-9-35)27-14-26-21(13-24(27)33)28(40)22(29(41)42)17-37(26)18-3-4-18/h5-6,12-14,17-18,20,46H,2-4,7-11,15-16H2,1H3,(H,34,43)(H,41,42)/t20-/m0/s1. The number of ether oxygens (including phenoxy) is 1. The van der Waals surface area contributed by atoms with E-state index in [-0.39, 0.29) is 30.1 Å². The third-order valence-corrected chi connectivity index (χ3v) is 8.83. The SMILES string of the molecule is CCCNC(=O)N(S)C[C@@H]1CN(c2ccc(N3CCN(c4cc5c(cc4F)c(=O)c(C(=O)O)cn5C4CC4)CC3)c(F)c2)C(=O)O1. The lowest BCUT2D eigenvalue weighted by molar-refractivity contribution is 0.0694. The van der Waals surface area contributed by atoms with Crippen LogP contribution in [0.1, 0.15) is 42.6 Å². The lowest BCUT2D eigenvalue weighted by atomic mass is 10.1. The molecule has 0 bridgehead atoms. The zero-order chi connectivity index (χ0) is 32.7. The first-order chi connectivity index (χ1) is 22.0. The van der Waals surface area contributed by atoms with Crippen molar-refractivity contribution in [2.75, 3.05) is 60.5 Å². The van der Waals surface area contributed by atoms with Crippen LogP contribution in [0.3, 0.4) is 0 Å². The molecule has 2 aromatic carbocycles. The number of piperazine rings is 1. The third kappa shape index (κ3) is 6.15. The number of anilines is 3. The van der Waals surface area contributed by atoms with E-state index in [0.29, 0.717) is 55.3 Å². The number of amides is 3. The van der Waals surface area contributed by atoms with Crippen LogP contribution in [-0.4, -0.2) is 84.0 Å². The highest BCUT2D eigenvalue weighted by Gasteiger charge is 2.35. The van der Waals surface area contributed by atoms with Crippen molar-refractivity contribution in [2.24, 2.45) is 0 Å². The molecule has 6 rings (SSSR count). The normalized spacial score (nSPS) is 18.2. The van der Waals surface area contributed by atoms with E-state index < -0.39 is 41.3 Å². The molecule has 15 heteroatoms. The van der Waals surface area contributed by atoms with E-state index in [1.165, 1.54) is 17.2 Å². The number of carbonyl (C=O) groups is 3. The average molecular weight is 657 g/mol. The van der Waals surface area contributed by atoms with Crippen LogP contribution in [0.15, 0.2) is 41.3 Å². The highest BCUT2D eigenvalue weighted by atomic mass is 32.1. The molecule has 244 valence electrons. The maximum Gasteiger partial charge on any atom is 0.414 e. The van der Waals surface area contributed by atoms with Gasteiger partial charge in [0.15, 0.2) is 0 Å². The number of nitrogens with zero attached hydrogens (tertiary/aromatic N) is 5. The Kier molecular flexibility index (Phi) is 8.68. The summed E-state index contributed by atoms with van der Waals surface area (Å²) in [7, 11) is 0. The first-order valence-electron chi connectivity index (χ1n) is 15.2. The van der Waals surface area contributed by atoms with Gasteiger partial charge in [-0.15, -0.1) is 0 Å². The fourth-order valence-corrected chi connectivity index (χ4v) is 6.20. The molecule has 1 aliphatic carbocycles. The Labute approximate surface area is 268 Å². The van der Waals surface area contributed by atoms with E-state index in [9.17, 15) is 24.3 Å². The van der Waals surface area contributed by atoms with Gasteiger partial charge in [-0.05, 0) is 49.6 Å². The lowest BCUT2D eigenvalue weighted by Crippen LogP contribution is -2.47. The van der Waals surface area contributed by atoms with Crippen molar-refractivity contribution >= 4 is 58.9 Å². The van der Waals surface area contributed by atoms with Gasteiger partial charge in [-0.25, -0.2) is 23.2 Å². The van der Waals surface area contributed by atoms with E-state index in [1.54, 1.807) is 22.8 Å². The number of hydrogen-bond acceptors (Lipinski definition) is 8. The van der Waals surface area contributed by atoms with E-state index in [0.717, 1.165) is 29.6 Å². The van der Waals surface area contributed by atoms with E-state index >= 15 is 8.78 Å². The number of halogens is 2. The second-order valence-corrected chi connectivity index (χ2v) is 12.2. The van der Waals surface area contributed by atoms with E-state index in [4.69, 9.17) is 4.74 Å². The van der Waals surface area contributed by atoms with Crippen molar-refractivity contribution in [3.8, 4) is 0 Å². The number of benzene rings is 2. The van der Waals surface area contributed by atoms with Crippen molar-refractivity contribution in [3.63, 3.8) is 0 Å². The lowest BCUT2D eigenvalue weighted by Gasteiger charge is -2.37. The number of aromatic carboxylic acids is 1. The first kappa shape index (κ1) is 31.5. The predicted octanol–water partition coefficient (Wildman–Crippen LogP) is 4.23. The topological polar surface area (TPSA) is 128 Å². The van der Waals surface area contributed by atoms with Crippen LogP contribution in [0, 0.1) is 11.6 Å². The third-order valence-electron chi connectivity index (χ3n) is 8.49. The van der Waals surface area contributed by atoms with Gasteiger partial charge in [0.05, 0.1) is 35.7 Å². The molecule has 3 fully saturated rings. The molecule has 1 saturated carbocycles. The number of pyridine rings is 1. The van der Waals surface area contributed by atoms with Gasteiger partial charge in [-0.2, -0.15) is 0 Å². The quantitative estimate of drug-likeness (QED) is 0.292. The minimum absolute atomic E-state index is 0.0301. The maximum atomic E-state index is 15.4. The number of urea groups is 1. The largest absolute Gasteiger partial charge is 0.477 e. The maximum absolute atomic E-state index is 15.4. The first-order valence-corrected chi connectivity index (χ1v) is 15.6. The Hall–Kier alpha value is -4.53. The van der Waals surface area contributed by atoms with Crippen molar-refractivity contribution in [1.82, 2.24) is 14.2 Å². The highest BCUT2D eigenvalue weighted by Crippen LogP contribution is 2.38. The van der Waals surface area contributed by atoms with Crippen molar-refractivity contribution < 1.29 is 33.0 Å². The van der Waals surface area contributed by atoms with Crippen LogP contribution in [0.4, 0.5) is 35.4 Å². The van der Waals surface area contributed by atoms with Crippen molar-refractivity contribution in [3.05, 3.63) is 63.9 Å². The summed E-state index contributed by atoms with van der Waals surface area (Å²) in [6.07, 6.45) is 2.52. The monoisotopic (exact) mass is 656 g/mol. The number of thiol groups is 1. The molecule has 3 amide bonds. The molecule has 1 aromatic heterocycles. The van der Waals surface area contributed by atoms with Crippen LogP contribution in [0.2, 0.25) is 0 Å². The van der Waals surface area contributed by atoms with Gasteiger partial charge in [-0.3, -0.25) is 14.0 Å². The number of hydrogen-bond donors (Lipinski definition) is 3. The molecule has 0 spiro atoms. The minimum Gasteiger partial charge on any atom is -0.477 e. The number of aromatic nitrogens is 1. The minimum atomic E-state index is -1.35. The van der Waals surface area contributed by atoms with Gasteiger partial charge < -0.3 is 29.5 Å². The molecule has 12 nitrogen and oxygen atoms in total. The molecule has 2 saturated heterocycles. The Morgan fingerprint density at radius 1 is 1.04 bits per heavy atom. The Balaban J connectivity index is 1.13. The average Bonchev–Trinajstić information content (AvgIpc) is 3.81. The predicted molar refractivity (Wildman–Crippen MR) is 171 cm³/mol. The second-order valence-electron chi connectivity index (χ2n) is 11.7. The summed E-state index contributed by atoms with van der Waals surface area (Å²) < 4.78 is 39.1. The molecular formula is C31H34F2N6O6S. The van der Waals surface area contributed by atoms with Crippen LogP contribution in [-0.2, 0) is 4.74 Å². The number of carbonyl (C=O) groups excluding carboxylic acids is 2. The smallest absolute Gasteiger partial charge is 0.414 e. The molecule has 0 radical (unpaired) electrons. The Morgan fingerprint density at radius 2 is 1.72 bits per heavy atom. The van der Waals surface area contributed by atoms with E-state index in [2.05, 4.69) is 18.1 Å². The summed E-state index contributed by atoms with van der Waals surface area (Å²) in [6.45, 7) is 4.11. The molecule has 2 N–H and O–H groups in total. The summed E-state index contributed by atoms with van der Waals surface area (Å²) in [5, 5.41) is 12.2. The summed E-state index contributed by atoms with van der Waals surface area (Å²) in [5.41, 5.74) is 0.339. The molecule has 2 aliphatic heterocycles. The number of cyclic esters (lactones) is 1. The zero-order valence-electron chi connectivity index (χ0n) is 25.1. The number of rotatable bonds is 9. The molecule has 0 unspecified atom stereocenters. The molecular weight excluding hydrogens is 622 g/mol. The molecule has 3 heterocycles. The van der Waals surface area contributed by atoms with Crippen LogP contribution < -0.4 is 25.4 Å². The number of fused-ring (bicyclic) bond motifs is 1. The van der Waals surface area contributed by atoms with Crippen molar-refractivity contribution in [2.45, 2.75) is 38.3 Å². The Bertz CT molecular complexity index is 1760. The van der Waals surface area contributed by atoms with Crippen molar-refractivity contribution in [1.29, 1.82) is 0 Å². The summed E-state index contributed by atoms with van der Waals surface area (Å²) >= 11 is 4.18. The van der Waals surface area contributed by atoms with Gasteiger partial charge in [0, 0.05) is 50.3 Å². The fourth-order valence-electron chi connectivity index (χ4n) is 5.94. The summed E-state index contributed by atoms with van der Waals surface area (Å²) in [5.74, 6) is -2.51. The van der Waals surface area contributed by atoms with Gasteiger partial charge >= 0.3 is 18.1 Å². The number of nitrogens with one attached hydrogen (secondary N) is 1. The number of carboxylic acids is 1. The molecule has 3 aliphatic rings.